The molecular formula is C22H28N4O2S. The molecule has 1 aromatic heterocycles. The Balaban J connectivity index is 1.43. The monoisotopic (exact) mass is 412 g/mol. The second kappa shape index (κ2) is 9.03. The summed E-state index contributed by atoms with van der Waals surface area (Å²) in [7, 11) is 0. The molecule has 2 aliphatic rings. The summed E-state index contributed by atoms with van der Waals surface area (Å²) < 4.78 is 1.92. The van der Waals surface area contributed by atoms with Crippen LogP contribution in [-0.2, 0) is 9.59 Å². The number of nitrogens with zero attached hydrogens (tertiary/aromatic N) is 3. The lowest BCUT2D eigenvalue weighted by molar-refractivity contribution is -0.125. The van der Waals surface area contributed by atoms with Gasteiger partial charge in [0.2, 0.25) is 11.8 Å². The Morgan fingerprint density at radius 3 is 2.66 bits per heavy atom. The maximum absolute atomic E-state index is 13.0. The molecule has 1 aromatic carbocycles. The Hall–Kier alpha value is -2.28. The smallest absolute Gasteiger partial charge is 0.227 e. The normalized spacial score (nSPS) is 17.1. The van der Waals surface area contributed by atoms with Crippen LogP contribution in [0, 0.1) is 6.92 Å². The number of para-hydroxylation sites is 1. The zero-order chi connectivity index (χ0) is 20.2. The molecule has 1 saturated carbocycles. The molecule has 1 aliphatic carbocycles. The summed E-state index contributed by atoms with van der Waals surface area (Å²) in [5, 5.41) is 8.79. The first-order chi connectivity index (χ1) is 14.1. The van der Waals surface area contributed by atoms with Crippen molar-refractivity contribution in [1.82, 2.24) is 15.1 Å². The lowest BCUT2D eigenvalue weighted by Crippen LogP contribution is -2.39. The second-order valence-corrected chi connectivity index (χ2v) is 8.87. The van der Waals surface area contributed by atoms with Crippen LogP contribution in [0.15, 0.2) is 35.4 Å². The highest BCUT2D eigenvalue weighted by atomic mass is 32.2. The summed E-state index contributed by atoms with van der Waals surface area (Å²) >= 11 is 1.73. The number of thioether (sulfide) groups is 1. The van der Waals surface area contributed by atoms with Gasteiger partial charge < -0.3 is 10.2 Å². The van der Waals surface area contributed by atoms with Crippen LogP contribution < -0.4 is 10.2 Å². The second-order valence-electron chi connectivity index (χ2n) is 7.78. The topological polar surface area (TPSA) is 67.2 Å². The molecule has 29 heavy (non-hydrogen) atoms. The van der Waals surface area contributed by atoms with Crippen LogP contribution in [-0.4, -0.2) is 39.9 Å². The minimum Gasteiger partial charge on any atom is -0.353 e. The van der Waals surface area contributed by atoms with Crippen LogP contribution >= 0.6 is 11.8 Å². The molecule has 7 heteroatoms. The molecule has 0 atom stereocenters. The number of nitrogens with one attached hydrogen (secondary N) is 1. The van der Waals surface area contributed by atoms with E-state index in [2.05, 4.69) is 5.32 Å². The molecule has 6 nitrogen and oxygen atoms in total. The van der Waals surface area contributed by atoms with E-state index in [1.165, 1.54) is 19.3 Å². The molecule has 1 N–H and O–H groups in total. The molecule has 0 bridgehead atoms. The third-order valence-electron chi connectivity index (χ3n) is 5.65. The molecule has 154 valence electrons. The summed E-state index contributed by atoms with van der Waals surface area (Å²) in [5.41, 5.74) is 2.73. The third kappa shape index (κ3) is 4.50. The number of amides is 2. The molecule has 2 heterocycles. The van der Waals surface area contributed by atoms with Crippen LogP contribution in [0.3, 0.4) is 0 Å². The molecule has 2 aromatic rings. The Bertz CT molecular complexity index is 874. The van der Waals surface area contributed by atoms with E-state index in [4.69, 9.17) is 5.10 Å². The van der Waals surface area contributed by atoms with Crippen LogP contribution in [0.1, 0.15) is 50.6 Å². The molecule has 2 amide bonds. The molecule has 1 fully saturated rings. The van der Waals surface area contributed by atoms with Gasteiger partial charge in [-0.1, -0.05) is 37.5 Å². The summed E-state index contributed by atoms with van der Waals surface area (Å²) in [5.74, 6) is 0.819. The van der Waals surface area contributed by atoms with Crippen molar-refractivity contribution < 1.29 is 9.59 Å². The highest BCUT2D eigenvalue weighted by Crippen LogP contribution is 2.39. The van der Waals surface area contributed by atoms with E-state index in [0.29, 0.717) is 6.54 Å². The number of carbonyl (C=O) groups is 2. The van der Waals surface area contributed by atoms with Gasteiger partial charge in [0.05, 0.1) is 17.1 Å². The van der Waals surface area contributed by atoms with Gasteiger partial charge in [-0.2, -0.15) is 5.10 Å². The van der Waals surface area contributed by atoms with Gasteiger partial charge in [0.25, 0.3) is 0 Å². The fourth-order valence-corrected chi connectivity index (χ4v) is 5.31. The van der Waals surface area contributed by atoms with Crippen LogP contribution in [0.4, 0.5) is 5.69 Å². The molecule has 0 unspecified atom stereocenters. The van der Waals surface area contributed by atoms with E-state index in [1.807, 2.05) is 46.8 Å². The number of hydrogen-bond acceptors (Lipinski definition) is 4. The van der Waals surface area contributed by atoms with Crippen molar-refractivity contribution in [3.05, 3.63) is 36.0 Å². The highest BCUT2D eigenvalue weighted by molar-refractivity contribution is 7.99. The summed E-state index contributed by atoms with van der Waals surface area (Å²) in [6.45, 7) is 2.60. The highest BCUT2D eigenvalue weighted by Gasteiger charge is 2.30. The van der Waals surface area contributed by atoms with Gasteiger partial charge >= 0.3 is 0 Å². The Labute approximate surface area is 176 Å². The zero-order valence-corrected chi connectivity index (χ0v) is 17.7. The number of anilines is 1. The zero-order valence-electron chi connectivity index (χ0n) is 16.9. The van der Waals surface area contributed by atoms with Crippen molar-refractivity contribution in [3.63, 3.8) is 0 Å². The summed E-state index contributed by atoms with van der Waals surface area (Å²) in [6.07, 6.45) is 6.23. The number of benzene rings is 1. The molecule has 1 aliphatic heterocycles. The van der Waals surface area contributed by atoms with Gasteiger partial charge in [-0.3, -0.25) is 9.59 Å². The van der Waals surface area contributed by atoms with Crippen molar-refractivity contribution in [1.29, 1.82) is 0 Å². The Kier molecular flexibility index (Phi) is 6.23. The number of aryl methyl sites for hydroxylation is 1. The molecule has 4 rings (SSSR count). The summed E-state index contributed by atoms with van der Waals surface area (Å²) in [4.78, 5) is 27.1. The van der Waals surface area contributed by atoms with Gasteiger partial charge in [-0.15, -0.1) is 11.8 Å². The quantitative estimate of drug-likeness (QED) is 0.810. The fraction of sp³-hybridized carbons (Fsp3) is 0.500. The maximum atomic E-state index is 13.0. The SMILES string of the molecule is Cc1nn(-c2ccccc2)c2c1N(C(=O)CCC(=O)NC1CCCCC1)CCS2. The molecule has 0 radical (unpaired) electrons. The number of fused-ring (bicyclic) bond motifs is 1. The number of rotatable bonds is 5. The van der Waals surface area contributed by atoms with Crippen LogP contribution in [0.2, 0.25) is 0 Å². The van der Waals surface area contributed by atoms with E-state index in [9.17, 15) is 9.59 Å². The lowest BCUT2D eigenvalue weighted by atomic mass is 9.95. The van der Waals surface area contributed by atoms with Crippen molar-refractivity contribution in [2.45, 2.75) is 62.9 Å². The minimum atomic E-state index is -0.00596. The lowest BCUT2D eigenvalue weighted by Gasteiger charge is -2.28. The molecule has 0 saturated heterocycles. The van der Waals surface area contributed by atoms with E-state index < -0.39 is 0 Å². The van der Waals surface area contributed by atoms with Crippen molar-refractivity contribution in [3.8, 4) is 5.69 Å². The maximum Gasteiger partial charge on any atom is 0.227 e. The van der Waals surface area contributed by atoms with Gasteiger partial charge in [-0.25, -0.2) is 4.68 Å². The Morgan fingerprint density at radius 2 is 1.90 bits per heavy atom. The number of aromatic nitrogens is 2. The standard InChI is InChI=1S/C22H28N4O2S/c1-16-21-22(26(24-16)18-10-6-3-7-11-18)29-15-14-25(21)20(28)13-12-19(27)23-17-8-4-2-5-9-17/h3,6-7,10-11,17H,2,4-5,8-9,12-15H2,1H3,(H,23,27). The minimum absolute atomic E-state index is 0.000978. The first kappa shape index (κ1) is 20.0. The van der Waals surface area contributed by atoms with Gasteiger partial charge in [0.15, 0.2) is 0 Å². The fourth-order valence-electron chi connectivity index (χ4n) is 4.18. The summed E-state index contributed by atoms with van der Waals surface area (Å²) in [6, 6.07) is 10.3. The first-order valence-corrected chi connectivity index (χ1v) is 11.5. The predicted molar refractivity (Wildman–Crippen MR) is 116 cm³/mol. The molecule has 0 spiro atoms. The largest absolute Gasteiger partial charge is 0.353 e. The van der Waals surface area contributed by atoms with E-state index in [1.54, 1.807) is 11.8 Å². The van der Waals surface area contributed by atoms with Gasteiger partial charge in [0, 0.05) is 31.2 Å². The van der Waals surface area contributed by atoms with Crippen LogP contribution in [0.5, 0.6) is 0 Å². The predicted octanol–water partition coefficient (Wildman–Crippen LogP) is 3.85. The van der Waals surface area contributed by atoms with Gasteiger partial charge in [0.1, 0.15) is 5.03 Å². The Morgan fingerprint density at radius 1 is 1.14 bits per heavy atom. The van der Waals surface area contributed by atoms with Crippen LogP contribution in [0.25, 0.3) is 5.69 Å². The first-order valence-electron chi connectivity index (χ1n) is 10.5. The van der Waals surface area contributed by atoms with E-state index in [0.717, 1.165) is 40.7 Å². The molecular weight excluding hydrogens is 384 g/mol. The number of hydrogen-bond donors (Lipinski definition) is 1. The number of carbonyl (C=O) groups excluding carboxylic acids is 2. The average Bonchev–Trinajstić information content (AvgIpc) is 3.10. The van der Waals surface area contributed by atoms with E-state index >= 15 is 0 Å². The van der Waals surface area contributed by atoms with Crippen molar-refractivity contribution in [2.75, 3.05) is 17.2 Å². The average molecular weight is 413 g/mol. The van der Waals surface area contributed by atoms with Crippen molar-refractivity contribution in [2.24, 2.45) is 0 Å². The third-order valence-corrected chi connectivity index (χ3v) is 6.68. The van der Waals surface area contributed by atoms with Gasteiger partial charge in [-0.05, 0) is 31.9 Å². The van der Waals surface area contributed by atoms with Crippen molar-refractivity contribution >= 4 is 29.3 Å². The van der Waals surface area contributed by atoms with E-state index in [-0.39, 0.29) is 30.7 Å².